The second kappa shape index (κ2) is 4.49. The Morgan fingerprint density at radius 3 is 2.81 bits per heavy atom. The number of hydrogen-bond donors (Lipinski definition) is 2. The van der Waals surface area contributed by atoms with Crippen LogP contribution in [0, 0.1) is 6.92 Å². The smallest absolute Gasteiger partial charge is 0.221 e. The molecule has 16 heavy (non-hydrogen) atoms. The summed E-state index contributed by atoms with van der Waals surface area (Å²) < 4.78 is 0.990. The molecule has 2 rings (SSSR count). The van der Waals surface area contributed by atoms with Crippen LogP contribution in [0.5, 0.6) is 0 Å². The predicted molar refractivity (Wildman–Crippen MR) is 68.6 cm³/mol. The molecule has 0 bridgehead atoms. The van der Waals surface area contributed by atoms with Crippen LogP contribution in [-0.2, 0) is 0 Å². The van der Waals surface area contributed by atoms with Crippen molar-refractivity contribution in [1.29, 1.82) is 0 Å². The van der Waals surface area contributed by atoms with Crippen molar-refractivity contribution in [3.05, 3.63) is 40.5 Å². The Hall–Kier alpha value is -1.62. The van der Waals surface area contributed by atoms with E-state index in [0.29, 0.717) is 5.82 Å². The van der Waals surface area contributed by atoms with Crippen molar-refractivity contribution in [3.8, 4) is 0 Å². The monoisotopic (exact) mass is 278 g/mol. The number of rotatable bonds is 2. The van der Waals surface area contributed by atoms with Crippen molar-refractivity contribution in [2.75, 3.05) is 11.1 Å². The quantitative estimate of drug-likeness (QED) is 0.887. The predicted octanol–water partition coefficient (Wildman–Crippen LogP) is 2.87. The first-order chi connectivity index (χ1) is 7.65. The van der Waals surface area contributed by atoms with E-state index >= 15 is 0 Å². The highest BCUT2D eigenvalue weighted by molar-refractivity contribution is 9.10. The third kappa shape index (κ3) is 2.49. The van der Waals surface area contributed by atoms with Gasteiger partial charge in [-0.15, -0.1) is 0 Å². The molecule has 5 heteroatoms. The molecule has 1 aromatic heterocycles. The lowest BCUT2D eigenvalue weighted by Gasteiger charge is -2.08. The maximum atomic E-state index is 5.50. The van der Waals surface area contributed by atoms with Crippen molar-refractivity contribution in [2.45, 2.75) is 6.92 Å². The summed E-state index contributed by atoms with van der Waals surface area (Å²) in [6.45, 7) is 2.04. The maximum absolute atomic E-state index is 5.50. The molecule has 3 N–H and O–H groups in total. The van der Waals surface area contributed by atoms with E-state index < -0.39 is 0 Å². The molecule has 2 aromatic rings. The van der Waals surface area contributed by atoms with Gasteiger partial charge in [0, 0.05) is 10.7 Å². The molecule has 0 amide bonds. The summed E-state index contributed by atoms with van der Waals surface area (Å²) in [5.74, 6) is 0.935. The van der Waals surface area contributed by atoms with Crippen LogP contribution < -0.4 is 11.1 Å². The van der Waals surface area contributed by atoms with Crippen LogP contribution in [0.4, 0.5) is 17.5 Å². The molecular formula is C11H11BrN4. The standard InChI is InChI=1S/C11H11BrN4/c1-7-2-3-9(8(12)6-7)15-10-4-5-14-11(13)16-10/h2-6H,1H3,(H3,13,14,15,16). The third-order valence-corrected chi connectivity index (χ3v) is 2.72. The van der Waals surface area contributed by atoms with E-state index in [9.17, 15) is 0 Å². The van der Waals surface area contributed by atoms with E-state index in [1.54, 1.807) is 12.3 Å². The Labute approximate surface area is 102 Å². The molecule has 0 aliphatic rings. The summed E-state index contributed by atoms with van der Waals surface area (Å²) in [5, 5.41) is 3.16. The molecule has 4 nitrogen and oxygen atoms in total. The summed E-state index contributed by atoms with van der Waals surface area (Å²) >= 11 is 3.49. The highest BCUT2D eigenvalue weighted by atomic mass is 79.9. The number of aryl methyl sites for hydroxylation is 1. The van der Waals surface area contributed by atoms with Gasteiger partial charge in [0.2, 0.25) is 5.95 Å². The Morgan fingerprint density at radius 2 is 2.12 bits per heavy atom. The van der Waals surface area contributed by atoms with E-state index in [2.05, 4.69) is 31.2 Å². The Kier molecular flexibility index (Phi) is 3.05. The molecule has 1 heterocycles. The molecule has 0 fully saturated rings. The lowest BCUT2D eigenvalue weighted by Crippen LogP contribution is -1.99. The molecule has 0 spiro atoms. The molecule has 0 saturated heterocycles. The number of aromatic nitrogens is 2. The maximum Gasteiger partial charge on any atom is 0.221 e. The summed E-state index contributed by atoms with van der Waals surface area (Å²) in [6, 6.07) is 7.81. The number of halogens is 1. The normalized spacial score (nSPS) is 10.1. The van der Waals surface area contributed by atoms with Crippen LogP contribution in [0.25, 0.3) is 0 Å². The van der Waals surface area contributed by atoms with Gasteiger partial charge in [-0.05, 0) is 46.6 Å². The van der Waals surface area contributed by atoms with Gasteiger partial charge in [0.05, 0.1) is 5.69 Å². The second-order valence-corrected chi connectivity index (χ2v) is 4.26. The first-order valence-electron chi connectivity index (χ1n) is 4.77. The van der Waals surface area contributed by atoms with E-state index in [-0.39, 0.29) is 5.95 Å². The van der Waals surface area contributed by atoms with Gasteiger partial charge in [-0.3, -0.25) is 0 Å². The fourth-order valence-corrected chi connectivity index (χ4v) is 1.90. The van der Waals surface area contributed by atoms with Gasteiger partial charge in [0.15, 0.2) is 0 Å². The van der Waals surface area contributed by atoms with Crippen LogP contribution in [0.1, 0.15) is 5.56 Å². The van der Waals surface area contributed by atoms with Gasteiger partial charge in [-0.25, -0.2) is 4.98 Å². The fraction of sp³-hybridized carbons (Fsp3) is 0.0909. The number of benzene rings is 1. The van der Waals surface area contributed by atoms with Crippen LogP contribution in [-0.4, -0.2) is 9.97 Å². The fourth-order valence-electron chi connectivity index (χ4n) is 1.30. The molecule has 0 aliphatic carbocycles. The molecule has 82 valence electrons. The minimum absolute atomic E-state index is 0.258. The molecule has 0 radical (unpaired) electrons. The lowest BCUT2D eigenvalue weighted by molar-refractivity contribution is 1.18. The van der Waals surface area contributed by atoms with Crippen LogP contribution in [0.3, 0.4) is 0 Å². The third-order valence-electron chi connectivity index (χ3n) is 2.06. The highest BCUT2D eigenvalue weighted by Crippen LogP contribution is 2.25. The van der Waals surface area contributed by atoms with Gasteiger partial charge < -0.3 is 11.1 Å². The number of nitrogen functional groups attached to an aromatic ring is 1. The summed E-state index contributed by atoms with van der Waals surface area (Å²) in [4.78, 5) is 7.90. The first kappa shape index (κ1) is 10.9. The number of nitrogens with one attached hydrogen (secondary N) is 1. The average molecular weight is 279 g/mol. The Morgan fingerprint density at radius 1 is 1.31 bits per heavy atom. The zero-order valence-corrected chi connectivity index (χ0v) is 10.3. The summed E-state index contributed by atoms with van der Waals surface area (Å²) in [6.07, 6.45) is 1.62. The summed E-state index contributed by atoms with van der Waals surface area (Å²) in [7, 11) is 0. The van der Waals surface area contributed by atoms with Crippen molar-refractivity contribution in [1.82, 2.24) is 9.97 Å². The van der Waals surface area contributed by atoms with Crippen LogP contribution >= 0.6 is 15.9 Å². The molecule has 0 atom stereocenters. The number of anilines is 3. The topological polar surface area (TPSA) is 63.8 Å². The van der Waals surface area contributed by atoms with E-state index in [1.165, 1.54) is 5.56 Å². The van der Waals surface area contributed by atoms with Crippen molar-refractivity contribution in [2.24, 2.45) is 0 Å². The van der Waals surface area contributed by atoms with Gasteiger partial charge >= 0.3 is 0 Å². The number of nitrogens with zero attached hydrogens (tertiary/aromatic N) is 2. The molecule has 0 unspecified atom stereocenters. The molecular weight excluding hydrogens is 268 g/mol. The highest BCUT2D eigenvalue weighted by Gasteiger charge is 2.01. The Bertz CT molecular complexity index is 513. The van der Waals surface area contributed by atoms with Crippen LogP contribution in [0.15, 0.2) is 34.9 Å². The Balaban J connectivity index is 2.27. The average Bonchev–Trinajstić information content (AvgIpc) is 2.22. The zero-order chi connectivity index (χ0) is 11.5. The van der Waals surface area contributed by atoms with E-state index in [0.717, 1.165) is 10.2 Å². The minimum atomic E-state index is 0.258. The van der Waals surface area contributed by atoms with Gasteiger partial charge in [-0.2, -0.15) is 4.98 Å². The van der Waals surface area contributed by atoms with Crippen LogP contribution in [0.2, 0.25) is 0 Å². The van der Waals surface area contributed by atoms with Gasteiger partial charge in [-0.1, -0.05) is 6.07 Å². The van der Waals surface area contributed by atoms with Gasteiger partial charge in [0.1, 0.15) is 5.82 Å². The van der Waals surface area contributed by atoms with Crippen molar-refractivity contribution in [3.63, 3.8) is 0 Å². The van der Waals surface area contributed by atoms with E-state index in [1.807, 2.05) is 25.1 Å². The van der Waals surface area contributed by atoms with E-state index in [4.69, 9.17) is 5.73 Å². The van der Waals surface area contributed by atoms with Gasteiger partial charge in [0.25, 0.3) is 0 Å². The zero-order valence-electron chi connectivity index (χ0n) is 8.74. The SMILES string of the molecule is Cc1ccc(Nc2ccnc(N)n2)c(Br)c1. The number of hydrogen-bond acceptors (Lipinski definition) is 4. The minimum Gasteiger partial charge on any atom is -0.368 e. The molecule has 0 saturated carbocycles. The van der Waals surface area contributed by atoms with Crippen molar-refractivity contribution < 1.29 is 0 Å². The number of nitrogens with two attached hydrogens (primary N) is 1. The first-order valence-corrected chi connectivity index (χ1v) is 5.56. The van der Waals surface area contributed by atoms with Crippen molar-refractivity contribution >= 4 is 33.4 Å². The summed E-state index contributed by atoms with van der Waals surface area (Å²) in [5.41, 5.74) is 7.64. The molecule has 1 aromatic carbocycles. The lowest BCUT2D eigenvalue weighted by atomic mass is 10.2. The largest absolute Gasteiger partial charge is 0.368 e. The second-order valence-electron chi connectivity index (χ2n) is 3.41. The molecule has 0 aliphatic heterocycles.